The lowest BCUT2D eigenvalue weighted by Crippen LogP contribution is -2.04. The van der Waals surface area contributed by atoms with Crippen LogP contribution in [-0.4, -0.2) is 16.1 Å². The van der Waals surface area contributed by atoms with E-state index in [1.807, 2.05) is 14.0 Å². The fourth-order valence-corrected chi connectivity index (χ4v) is 2.38. The van der Waals surface area contributed by atoms with Gasteiger partial charge in [0.2, 0.25) is 0 Å². The van der Waals surface area contributed by atoms with E-state index < -0.39 is 0 Å². The molecule has 100 valence electrons. The summed E-state index contributed by atoms with van der Waals surface area (Å²) in [6, 6.07) is 4.92. The molecule has 6 heteroatoms. The van der Waals surface area contributed by atoms with Crippen LogP contribution in [0.25, 0.3) is 0 Å². The van der Waals surface area contributed by atoms with Crippen LogP contribution in [0.1, 0.15) is 21.7 Å². The second kappa shape index (κ2) is 5.75. The highest BCUT2D eigenvalue weighted by molar-refractivity contribution is 9.10. The van der Waals surface area contributed by atoms with Gasteiger partial charge in [0, 0.05) is 12.6 Å². The summed E-state index contributed by atoms with van der Waals surface area (Å²) in [7, 11) is 1.85. The summed E-state index contributed by atoms with van der Waals surface area (Å²) in [5.74, 6) is 0.540. The van der Waals surface area contributed by atoms with Gasteiger partial charge in [0.25, 0.3) is 0 Å². The Morgan fingerprint density at radius 1 is 1.53 bits per heavy atom. The molecule has 0 saturated heterocycles. The molecule has 2 aromatic rings. The minimum absolute atomic E-state index is 0.345. The van der Waals surface area contributed by atoms with Crippen molar-refractivity contribution in [3.05, 3.63) is 44.6 Å². The number of hydrogen-bond acceptors (Lipinski definition) is 3. The quantitative estimate of drug-likeness (QED) is 0.798. The summed E-state index contributed by atoms with van der Waals surface area (Å²) < 4.78 is 8.34. The minimum atomic E-state index is 0.345. The summed E-state index contributed by atoms with van der Waals surface area (Å²) in [5.41, 5.74) is 2.35. The monoisotopic (exact) mass is 342 g/mol. The number of carbonyl (C=O) groups is 1. The van der Waals surface area contributed by atoms with Crippen LogP contribution in [0.2, 0.25) is 5.02 Å². The molecule has 0 aliphatic rings. The average molecular weight is 344 g/mol. The lowest BCUT2D eigenvalue weighted by atomic mass is 10.2. The Labute approximate surface area is 124 Å². The zero-order chi connectivity index (χ0) is 14.0. The normalized spacial score (nSPS) is 10.5. The molecule has 0 saturated carbocycles. The van der Waals surface area contributed by atoms with Gasteiger partial charge in [-0.2, -0.15) is 5.10 Å². The number of aromatic nitrogens is 2. The summed E-state index contributed by atoms with van der Waals surface area (Å²) in [6.45, 7) is 2.26. The van der Waals surface area contributed by atoms with E-state index in [0.717, 1.165) is 22.1 Å². The summed E-state index contributed by atoms with van der Waals surface area (Å²) in [4.78, 5) is 10.6. The highest BCUT2D eigenvalue weighted by atomic mass is 79.9. The van der Waals surface area contributed by atoms with E-state index in [0.29, 0.717) is 22.9 Å². The van der Waals surface area contributed by atoms with Crippen LogP contribution >= 0.6 is 27.5 Å². The first-order chi connectivity index (χ1) is 9.02. The van der Waals surface area contributed by atoms with Gasteiger partial charge >= 0.3 is 0 Å². The molecule has 2 rings (SSSR count). The molecule has 1 heterocycles. The van der Waals surface area contributed by atoms with E-state index in [4.69, 9.17) is 16.3 Å². The highest BCUT2D eigenvalue weighted by Crippen LogP contribution is 2.27. The molecule has 0 fully saturated rings. The number of aldehydes is 1. The van der Waals surface area contributed by atoms with Crippen LogP contribution in [0.3, 0.4) is 0 Å². The molecular formula is C13H12BrClN2O2. The number of benzene rings is 1. The Morgan fingerprint density at radius 3 is 2.79 bits per heavy atom. The van der Waals surface area contributed by atoms with Crippen LogP contribution in [0.5, 0.6) is 5.75 Å². The number of aryl methyl sites for hydroxylation is 2. The van der Waals surface area contributed by atoms with Crippen molar-refractivity contribution in [2.24, 2.45) is 7.05 Å². The fourth-order valence-electron chi connectivity index (χ4n) is 1.69. The number of ether oxygens (including phenoxy) is 1. The van der Waals surface area contributed by atoms with Gasteiger partial charge in [0.1, 0.15) is 18.6 Å². The molecule has 0 spiro atoms. The van der Waals surface area contributed by atoms with Gasteiger partial charge < -0.3 is 4.74 Å². The number of halogens is 2. The third-order valence-corrected chi connectivity index (χ3v) is 4.04. The van der Waals surface area contributed by atoms with Crippen molar-refractivity contribution in [1.82, 2.24) is 9.78 Å². The molecular weight excluding hydrogens is 332 g/mol. The van der Waals surface area contributed by atoms with Crippen molar-refractivity contribution in [3.63, 3.8) is 0 Å². The molecule has 1 aromatic carbocycles. The van der Waals surface area contributed by atoms with E-state index in [1.54, 1.807) is 22.9 Å². The van der Waals surface area contributed by atoms with Gasteiger partial charge in [0.05, 0.1) is 20.9 Å². The Morgan fingerprint density at radius 2 is 2.26 bits per heavy atom. The molecule has 1 aromatic heterocycles. The second-order valence-electron chi connectivity index (χ2n) is 4.07. The van der Waals surface area contributed by atoms with Crippen LogP contribution in [-0.2, 0) is 13.7 Å². The number of carbonyl (C=O) groups excluding carboxylic acids is 1. The molecule has 0 aliphatic heterocycles. The van der Waals surface area contributed by atoms with Gasteiger partial charge in [-0.15, -0.1) is 0 Å². The smallest absolute Gasteiger partial charge is 0.150 e. The zero-order valence-electron chi connectivity index (χ0n) is 10.5. The number of nitrogens with zero attached hydrogens (tertiary/aromatic N) is 2. The second-order valence-corrected chi connectivity index (χ2v) is 5.27. The van der Waals surface area contributed by atoms with E-state index >= 15 is 0 Å². The third-order valence-electron chi connectivity index (χ3n) is 2.72. The SMILES string of the molecule is Cc1nn(C)c(COc2ccc(C=O)cc2Cl)c1Br. The van der Waals surface area contributed by atoms with Crippen LogP contribution < -0.4 is 4.74 Å². The standard InChI is InChI=1S/C13H12BrClN2O2/c1-8-13(14)11(17(2)16-8)7-19-12-4-3-9(6-18)5-10(12)15/h3-6H,7H2,1-2H3. The van der Waals surface area contributed by atoms with Crippen molar-refractivity contribution in [3.8, 4) is 5.75 Å². The first kappa shape index (κ1) is 14.1. The molecule has 0 bridgehead atoms. The average Bonchev–Trinajstić information content (AvgIpc) is 2.62. The summed E-state index contributed by atoms with van der Waals surface area (Å²) >= 11 is 9.51. The first-order valence-corrected chi connectivity index (χ1v) is 6.75. The third kappa shape index (κ3) is 2.98. The van der Waals surface area contributed by atoms with Gasteiger partial charge in [-0.05, 0) is 41.1 Å². The molecule has 0 N–H and O–H groups in total. The van der Waals surface area contributed by atoms with Gasteiger partial charge in [0.15, 0.2) is 0 Å². The van der Waals surface area contributed by atoms with E-state index in [9.17, 15) is 4.79 Å². The van der Waals surface area contributed by atoms with Gasteiger partial charge in [-0.1, -0.05) is 11.6 Å². The van der Waals surface area contributed by atoms with Crippen molar-refractivity contribution in [1.29, 1.82) is 0 Å². The molecule has 0 atom stereocenters. The first-order valence-electron chi connectivity index (χ1n) is 5.58. The highest BCUT2D eigenvalue weighted by Gasteiger charge is 2.12. The van der Waals surface area contributed by atoms with Gasteiger partial charge in [-0.25, -0.2) is 0 Å². The van der Waals surface area contributed by atoms with E-state index in [-0.39, 0.29) is 0 Å². The Balaban J connectivity index is 2.16. The zero-order valence-corrected chi connectivity index (χ0v) is 12.8. The Kier molecular flexibility index (Phi) is 4.27. The fraction of sp³-hybridized carbons (Fsp3) is 0.231. The van der Waals surface area contributed by atoms with Crippen LogP contribution in [0, 0.1) is 6.92 Å². The lowest BCUT2D eigenvalue weighted by molar-refractivity contribution is 0.112. The number of rotatable bonds is 4. The topological polar surface area (TPSA) is 44.1 Å². The van der Waals surface area contributed by atoms with Crippen molar-refractivity contribution in [2.45, 2.75) is 13.5 Å². The molecule has 4 nitrogen and oxygen atoms in total. The molecule has 0 aliphatic carbocycles. The summed E-state index contributed by atoms with van der Waals surface area (Å²) in [6.07, 6.45) is 0.747. The Bertz CT molecular complexity index is 625. The summed E-state index contributed by atoms with van der Waals surface area (Å²) in [5, 5.41) is 4.70. The molecule has 0 radical (unpaired) electrons. The number of hydrogen-bond donors (Lipinski definition) is 0. The van der Waals surface area contributed by atoms with Crippen LogP contribution in [0.15, 0.2) is 22.7 Å². The Hall–Kier alpha value is -1.33. The van der Waals surface area contributed by atoms with Crippen LogP contribution in [0.4, 0.5) is 0 Å². The minimum Gasteiger partial charge on any atom is -0.486 e. The van der Waals surface area contributed by atoms with Crippen molar-refractivity contribution in [2.75, 3.05) is 0 Å². The predicted octanol–water partition coefficient (Wildman–Crippen LogP) is 3.54. The predicted molar refractivity (Wildman–Crippen MR) is 76.8 cm³/mol. The van der Waals surface area contributed by atoms with Crippen molar-refractivity contribution < 1.29 is 9.53 Å². The van der Waals surface area contributed by atoms with E-state index in [1.165, 1.54) is 0 Å². The van der Waals surface area contributed by atoms with Crippen molar-refractivity contribution >= 4 is 33.8 Å². The molecule has 0 unspecified atom stereocenters. The van der Waals surface area contributed by atoms with E-state index in [2.05, 4.69) is 21.0 Å². The maximum absolute atomic E-state index is 10.6. The maximum Gasteiger partial charge on any atom is 0.150 e. The largest absolute Gasteiger partial charge is 0.486 e. The lowest BCUT2D eigenvalue weighted by Gasteiger charge is -2.09. The molecule has 0 amide bonds. The maximum atomic E-state index is 10.6. The van der Waals surface area contributed by atoms with Gasteiger partial charge in [-0.3, -0.25) is 9.48 Å². The molecule has 19 heavy (non-hydrogen) atoms.